The SMILES string of the molecule is COCCCCC(=O)N1CCOc2cc(C(=O)NO)ccc2C1C. The zero-order valence-electron chi connectivity index (χ0n) is 14.1. The van der Waals surface area contributed by atoms with Crippen LogP contribution in [0.2, 0.25) is 0 Å². The van der Waals surface area contributed by atoms with Crippen molar-refractivity contribution in [1.29, 1.82) is 0 Å². The first-order chi connectivity index (χ1) is 11.6. The molecule has 1 aromatic carbocycles. The van der Waals surface area contributed by atoms with Gasteiger partial charge in [0.1, 0.15) is 12.4 Å². The molecule has 1 aromatic rings. The van der Waals surface area contributed by atoms with E-state index in [0.717, 1.165) is 18.4 Å². The number of rotatable bonds is 6. The molecule has 2 amide bonds. The van der Waals surface area contributed by atoms with Crippen LogP contribution in [-0.2, 0) is 9.53 Å². The Morgan fingerprint density at radius 1 is 1.42 bits per heavy atom. The fourth-order valence-corrected chi connectivity index (χ4v) is 2.83. The van der Waals surface area contributed by atoms with Crippen LogP contribution < -0.4 is 10.2 Å². The summed E-state index contributed by atoms with van der Waals surface area (Å²) in [4.78, 5) is 25.8. The maximum atomic E-state index is 12.5. The molecule has 1 aliphatic rings. The Bertz CT molecular complexity index is 590. The van der Waals surface area contributed by atoms with Gasteiger partial charge in [0.15, 0.2) is 0 Å². The van der Waals surface area contributed by atoms with Gasteiger partial charge in [-0.2, -0.15) is 0 Å². The Morgan fingerprint density at radius 2 is 2.21 bits per heavy atom. The number of methoxy groups -OCH3 is 1. The number of carbonyl (C=O) groups excluding carboxylic acids is 2. The number of hydrogen-bond acceptors (Lipinski definition) is 5. The first-order valence-electron chi connectivity index (χ1n) is 8.08. The third-order valence-corrected chi connectivity index (χ3v) is 4.19. The van der Waals surface area contributed by atoms with Crippen molar-refractivity contribution >= 4 is 11.8 Å². The number of amides is 2. The minimum atomic E-state index is -0.593. The lowest BCUT2D eigenvalue weighted by Crippen LogP contribution is -2.35. The van der Waals surface area contributed by atoms with Gasteiger partial charge in [0.2, 0.25) is 5.91 Å². The first-order valence-corrected chi connectivity index (χ1v) is 8.08. The van der Waals surface area contributed by atoms with E-state index < -0.39 is 5.91 Å². The molecule has 0 spiro atoms. The number of benzene rings is 1. The molecule has 0 radical (unpaired) electrons. The van der Waals surface area contributed by atoms with Crippen molar-refractivity contribution in [2.75, 3.05) is 26.9 Å². The lowest BCUT2D eigenvalue weighted by molar-refractivity contribution is -0.133. The van der Waals surface area contributed by atoms with Gasteiger partial charge in [-0.3, -0.25) is 14.8 Å². The van der Waals surface area contributed by atoms with E-state index in [1.54, 1.807) is 30.8 Å². The quantitative estimate of drug-likeness (QED) is 0.471. The van der Waals surface area contributed by atoms with Gasteiger partial charge < -0.3 is 14.4 Å². The molecule has 7 nitrogen and oxygen atoms in total. The Kier molecular flexibility index (Phi) is 6.57. The Hall–Kier alpha value is -2.12. The summed E-state index contributed by atoms with van der Waals surface area (Å²) >= 11 is 0. The summed E-state index contributed by atoms with van der Waals surface area (Å²) in [5.74, 6) is 0.0647. The molecule has 0 bridgehead atoms. The Morgan fingerprint density at radius 3 is 2.92 bits per heavy atom. The molecule has 132 valence electrons. The number of nitrogens with zero attached hydrogens (tertiary/aromatic N) is 1. The van der Waals surface area contributed by atoms with E-state index in [1.807, 2.05) is 11.8 Å². The van der Waals surface area contributed by atoms with Gasteiger partial charge >= 0.3 is 0 Å². The lowest BCUT2D eigenvalue weighted by atomic mass is 10.0. The first kappa shape index (κ1) is 18.2. The summed E-state index contributed by atoms with van der Waals surface area (Å²) in [7, 11) is 1.65. The van der Waals surface area contributed by atoms with E-state index in [-0.39, 0.29) is 11.9 Å². The van der Waals surface area contributed by atoms with Crippen molar-refractivity contribution in [3.8, 4) is 5.75 Å². The number of hydroxylamine groups is 1. The van der Waals surface area contributed by atoms with E-state index in [4.69, 9.17) is 14.7 Å². The molecular formula is C17H24N2O5. The zero-order valence-corrected chi connectivity index (χ0v) is 14.1. The summed E-state index contributed by atoms with van der Waals surface area (Å²) in [6, 6.07) is 4.82. The molecule has 2 rings (SSSR count). The standard InChI is InChI=1S/C17H24N2O5/c1-12-14-7-6-13(17(21)18-22)11-15(14)24-10-8-19(12)16(20)5-3-4-9-23-2/h6-7,11-12,22H,3-5,8-10H2,1-2H3,(H,18,21). The van der Waals surface area contributed by atoms with E-state index >= 15 is 0 Å². The van der Waals surface area contributed by atoms with Crippen molar-refractivity contribution in [2.45, 2.75) is 32.2 Å². The van der Waals surface area contributed by atoms with Crippen LogP contribution in [0.15, 0.2) is 18.2 Å². The van der Waals surface area contributed by atoms with Crippen LogP contribution in [0.1, 0.15) is 48.1 Å². The van der Waals surface area contributed by atoms with E-state index in [1.165, 1.54) is 0 Å². The molecule has 0 saturated carbocycles. The molecule has 1 aliphatic heterocycles. The third kappa shape index (κ3) is 4.24. The number of unbranched alkanes of at least 4 members (excludes halogenated alkanes) is 1. The second kappa shape index (κ2) is 8.65. The van der Waals surface area contributed by atoms with Crippen LogP contribution in [0.4, 0.5) is 0 Å². The minimum absolute atomic E-state index is 0.0900. The molecule has 24 heavy (non-hydrogen) atoms. The molecule has 2 N–H and O–H groups in total. The normalized spacial score (nSPS) is 16.8. The highest BCUT2D eigenvalue weighted by atomic mass is 16.5. The predicted molar refractivity (Wildman–Crippen MR) is 87.0 cm³/mol. The molecule has 1 unspecified atom stereocenters. The van der Waals surface area contributed by atoms with E-state index in [0.29, 0.717) is 37.5 Å². The molecule has 0 aliphatic carbocycles. The van der Waals surface area contributed by atoms with Crippen LogP contribution in [0.3, 0.4) is 0 Å². The molecule has 0 aromatic heterocycles. The van der Waals surface area contributed by atoms with Crippen molar-refractivity contribution in [3.05, 3.63) is 29.3 Å². The third-order valence-electron chi connectivity index (χ3n) is 4.19. The van der Waals surface area contributed by atoms with Gasteiger partial charge in [0, 0.05) is 31.3 Å². The number of nitrogens with one attached hydrogen (secondary N) is 1. The van der Waals surface area contributed by atoms with Crippen molar-refractivity contribution in [3.63, 3.8) is 0 Å². The highest BCUT2D eigenvalue weighted by Crippen LogP contribution is 2.33. The number of ether oxygens (including phenoxy) is 2. The van der Waals surface area contributed by atoms with Crippen LogP contribution in [0, 0.1) is 0 Å². The second-order valence-corrected chi connectivity index (χ2v) is 5.76. The fourth-order valence-electron chi connectivity index (χ4n) is 2.83. The summed E-state index contributed by atoms with van der Waals surface area (Å²) < 4.78 is 10.7. The molecular weight excluding hydrogens is 312 g/mol. The van der Waals surface area contributed by atoms with Crippen molar-refractivity contribution in [1.82, 2.24) is 10.4 Å². The summed E-state index contributed by atoms with van der Waals surface area (Å²) in [5, 5.41) is 8.73. The van der Waals surface area contributed by atoms with Crippen LogP contribution in [-0.4, -0.2) is 48.8 Å². The monoisotopic (exact) mass is 336 g/mol. The van der Waals surface area contributed by atoms with Gasteiger partial charge in [-0.05, 0) is 31.9 Å². The minimum Gasteiger partial charge on any atom is -0.491 e. The zero-order chi connectivity index (χ0) is 17.5. The number of fused-ring (bicyclic) bond motifs is 1. The average Bonchev–Trinajstić information content (AvgIpc) is 2.76. The second-order valence-electron chi connectivity index (χ2n) is 5.76. The van der Waals surface area contributed by atoms with E-state index in [2.05, 4.69) is 0 Å². The smallest absolute Gasteiger partial charge is 0.274 e. The van der Waals surface area contributed by atoms with Gasteiger partial charge in [0.25, 0.3) is 5.91 Å². The Balaban J connectivity index is 2.11. The maximum absolute atomic E-state index is 12.5. The van der Waals surface area contributed by atoms with Crippen LogP contribution >= 0.6 is 0 Å². The maximum Gasteiger partial charge on any atom is 0.274 e. The fraction of sp³-hybridized carbons (Fsp3) is 0.529. The molecule has 0 fully saturated rings. The van der Waals surface area contributed by atoms with Gasteiger partial charge in [-0.25, -0.2) is 5.48 Å². The Labute approximate surface area is 141 Å². The van der Waals surface area contributed by atoms with Crippen molar-refractivity contribution in [2.24, 2.45) is 0 Å². The lowest BCUT2D eigenvalue weighted by Gasteiger charge is -2.27. The molecule has 7 heteroatoms. The van der Waals surface area contributed by atoms with Gasteiger partial charge in [-0.1, -0.05) is 6.07 Å². The summed E-state index contributed by atoms with van der Waals surface area (Å²) in [5.41, 5.74) is 2.77. The van der Waals surface area contributed by atoms with Crippen molar-refractivity contribution < 1.29 is 24.3 Å². The molecule has 0 saturated heterocycles. The van der Waals surface area contributed by atoms with E-state index in [9.17, 15) is 9.59 Å². The van der Waals surface area contributed by atoms with Gasteiger partial charge in [0.05, 0.1) is 12.6 Å². The van der Waals surface area contributed by atoms with Crippen LogP contribution in [0.5, 0.6) is 5.75 Å². The van der Waals surface area contributed by atoms with Crippen LogP contribution in [0.25, 0.3) is 0 Å². The molecule has 1 atom stereocenters. The number of carbonyl (C=O) groups is 2. The number of hydrogen-bond donors (Lipinski definition) is 2. The predicted octanol–water partition coefficient (Wildman–Crippen LogP) is 1.90. The summed E-state index contributed by atoms with van der Waals surface area (Å²) in [6.07, 6.45) is 2.13. The molecule has 1 heterocycles. The highest BCUT2D eigenvalue weighted by Gasteiger charge is 2.27. The average molecular weight is 336 g/mol. The summed E-state index contributed by atoms with van der Waals surface area (Å²) in [6.45, 7) is 3.47. The topological polar surface area (TPSA) is 88.1 Å². The highest BCUT2D eigenvalue weighted by molar-refractivity contribution is 5.93. The largest absolute Gasteiger partial charge is 0.491 e. The van der Waals surface area contributed by atoms with Gasteiger partial charge in [-0.15, -0.1) is 0 Å².